The Hall–Kier alpha value is -2.43. The molecule has 5 nitrogen and oxygen atoms in total. The predicted molar refractivity (Wildman–Crippen MR) is 63.0 cm³/mol. The molecule has 0 amide bonds. The number of alkyl halides is 3. The van der Waals surface area contributed by atoms with Gasteiger partial charge in [-0.15, -0.1) is 10.2 Å². The maximum atomic E-state index is 12.6. The summed E-state index contributed by atoms with van der Waals surface area (Å²) in [6.07, 6.45) is -4.42. The van der Waals surface area contributed by atoms with E-state index in [2.05, 4.69) is 15.4 Å². The van der Waals surface area contributed by atoms with Crippen molar-refractivity contribution in [2.75, 3.05) is 0 Å². The average Bonchev–Trinajstić information content (AvgIpc) is 2.86. The molecule has 20 heavy (non-hydrogen) atoms. The van der Waals surface area contributed by atoms with Gasteiger partial charge >= 0.3 is 6.18 Å². The smallest absolute Gasteiger partial charge is 0.198 e. The van der Waals surface area contributed by atoms with Gasteiger partial charge in [0.2, 0.25) is 5.82 Å². The van der Waals surface area contributed by atoms with Crippen LogP contribution in [0.25, 0.3) is 11.4 Å². The molecule has 1 aromatic carbocycles. The molecular weight excluding hydrogens is 271 g/mol. The van der Waals surface area contributed by atoms with E-state index in [-0.39, 0.29) is 23.9 Å². The van der Waals surface area contributed by atoms with E-state index in [0.29, 0.717) is 0 Å². The van der Waals surface area contributed by atoms with Gasteiger partial charge in [0.25, 0.3) is 0 Å². The second-order valence-corrected chi connectivity index (χ2v) is 4.28. The molecule has 0 unspecified atom stereocenters. The van der Waals surface area contributed by atoms with E-state index in [1.54, 1.807) is 6.92 Å². The summed E-state index contributed by atoms with van der Waals surface area (Å²) in [5.41, 5.74) is -0.535. The molecule has 0 spiro atoms. The summed E-state index contributed by atoms with van der Waals surface area (Å²) in [4.78, 5) is 1.20. The number of tetrazole rings is 1. The number of benzene rings is 1. The zero-order valence-corrected chi connectivity index (χ0v) is 10.5. The zero-order chi connectivity index (χ0) is 14.8. The van der Waals surface area contributed by atoms with Gasteiger partial charge in [0, 0.05) is 5.56 Å². The van der Waals surface area contributed by atoms with E-state index >= 15 is 0 Å². The molecule has 0 saturated heterocycles. The van der Waals surface area contributed by atoms with Gasteiger partial charge < -0.3 is 0 Å². The SMILES string of the molecule is C[C@H](C#N)Cn1nnc(-c2cccc(C(F)(F)F)c2)n1. The molecule has 0 bridgehead atoms. The Morgan fingerprint density at radius 1 is 1.40 bits per heavy atom. The van der Waals surface area contributed by atoms with Crippen LogP contribution >= 0.6 is 0 Å². The van der Waals surface area contributed by atoms with Crippen LogP contribution in [0.4, 0.5) is 13.2 Å². The molecule has 8 heteroatoms. The minimum absolute atomic E-state index is 0.0984. The fourth-order valence-corrected chi connectivity index (χ4v) is 1.56. The van der Waals surface area contributed by atoms with Crippen molar-refractivity contribution in [3.63, 3.8) is 0 Å². The highest BCUT2D eigenvalue weighted by atomic mass is 19.4. The third-order valence-electron chi connectivity index (χ3n) is 2.56. The summed E-state index contributed by atoms with van der Waals surface area (Å²) in [5, 5.41) is 20.1. The summed E-state index contributed by atoms with van der Waals surface area (Å²) in [6.45, 7) is 1.93. The first-order chi connectivity index (χ1) is 9.40. The number of rotatable bonds is 3. The Kier molecular flexibility index (Phi) is 3.70. The number of nitriles is 1. The fraction of sp³-hybridized carbons (Fsp3) is 0.333. The highest BCUT2D eigenvalue weighted by Gasteiger charge is 2.30. The lowest BCUT2D eigenvalue weighted by Gasteiger charge is -2.06. The Labute approximate surface area is 112 Å². The van der Waals surface area contributed by atoms with Crippen LogP contribution in [0, 0.1) is 17.2 Å². The first-order valence-corrected chi connectivity index (χ1v) is 5.75. The second-order valence-electron chi connectivity index (χ2n) is 4.28. The third kappa shape index (κ3) is 3.12. The summed E-state index contributed by atoms with van der Waals surface area (Å²) < 4.78 is 37.8. The van der Waals surface area contributed by atoms with E-state index in [9.17, 15) is 13.2 Å². The molecule has 1 aromatic heterocycles. The molecule has 104 valence electrons. The monoisotopic (exact) mass is 281 g/mol. The largest absolute Gasteiger partial charge is 0.416 e. The fourth-order valence-electron chi connectivity index (χ4n) is 1.56. The third-order valence-corrected chi connectivity index (χ3v) is 2.56. The van der Waals surface area contributed by atoms with Gasteiger partial charge in [-0.2, -0.15) is 23.2 Å². The van der Waals surface area contributed by atoms with Crippen LogP contribution in [-0.4, -0.2) is 20.2 Å². The van der Waals surface area contributed by atoms with Crippen molar-refractivity contribution in [3.05, 3.63) is 29.8 Å². The van der Waals surface area contributed by atoms with Crippen LogP contribution in [0.5, 0.6) is 0 Å². The molecule has 0 N–H and O–H groups in total. The van der Waals surface area contributed by atoms with Crippen molar-refractivity contribution in [2.24, 2.45) is 5.92 Å². The maximum Gasteiger partial charge on any atom is 0.416 e. The summed E-state index contributed by atoms with van der Waals surface area (Å²) >= 11 is 0. The van der Waals surface area contributed by atoms with E-state index < -0.39 is 11.7 Å². The van der Waals surface area contributed by atoms with E-state index in [1.807, 2.05) is 6.07 Å². The van der Waals surface area contributed by atoms with Crippen molar-refractivity contribution in [1.29, 1.82) is 5.26 Å². The van der Waals surface area contributed by atoms with Gasteiger partial charge in [0.05, 0.1) is 24.1 Å². The van der Waals surface area contributed by atoms with Crippen molar-refractivity contribution >= 4 is 0 Å². The lowest BCUT2D eigenvalue weighted by Crippen LogP contribution is -2.09. The molecule has 2 rings (SSSR count). The molecule has 0 aliphatic heterocycles. The number of halogens is 3. The van der Waals surface area contributed by atoms with E-state index in [0.717, 1.165) is 12.1 Å². The highest BCUT2D eigenvalue weighted by molar-refractivity contribution is 5.55. The predicted octanol–water partition coefficient (Wildman–Crippen LogP) is 2.52. The Morgan fingerprint density at radius 2 is 2.15 bits per heavy atom. The van der Waals surface area contributed by atoms with Gasteiger partial charge in [0.1, 0.15) is 0 Å². The van der Waals surface area contributed by atoms with Crippen molar-refractivity contribution in [3.8, 4) is 17.5 Å². The maximum absolute atomic E-state index is 12.6. The van der Waals surface area contributed by atoms with Gasteiger partial charge in [-0.3, -0.25) is 0 Å². The molecular formula is C12H10F3N5. The minimum Gasteiger partial charge on any atom is -0.198 e. The lowest BCUT2D eigenvalue weighted by molar-refractivity contribution is -0.137. The average molecular weight is 281 g/mol. The lowest BCUT2D eigenvalue weighted by atomic mass is 10.1. The van der Waals surface area contributed by atoms with Gasteiger partial charge in [-0.05, 0) is 24.3 Å². The number of hydrogen-bond donors (Lipinski definition) is 0. The molecule has 1 atom stereocenters. The standard InChI is InChI=1S/C12H10F3N5/c1-8(6-16)7-20-18-11(17-19-20)9-3-2-4-10(5-9)12(13,14)15/h2-5,8H,7H2,1H3/t8-/m1/s1. The van der Waals surface area contributed by atoms with Crippen LogP contribution in [-0.2, 0) is 12.7 Å². The first-order valence-electron chi connectivity index (χ1n) is 5.75. The Morgan fingerprint density at radius 3 is 2.80 bits per heavy atom. The molecule has 2 aromatic rings. The topological polar surface area (TPSA) is 67.4 Å². The van der Waals surface area contributed by atoms with E-state index in [1.165, 1.54) is 16.9 Å². The van der Waals surface area contributed by atoms with Crippen LogP contribution in [0.2, 0.25) is 0 Å². The molecule has 0 radical (unpaired) electrons. The Balaban J connectivity index is 2.27. The van der Waals surface area contributed by atoms with Gasteiger partial charge in [0.15, 0.2) is 0 Å². The quantitative estimate of drug-likeness (QED) is 0.867. The molecule has 0 aliphatic rings. The van der Waals surface area contributed by atoms with E-state index in [4.69, 9.17) is 5.26 Å². The molecule has 0 saturated carbocycles. The second kappa shape index (κ2) is 5.28. The summed E-state index contributed by atoms with van der Waals surface area (Å²) in [5.74, 6) is -0.209. The van der Waals surface area contributed by atoms with Crippen molar-refractivity contribution in [1.82, 2.24) is 20.2 Å². The molecule has 1 heterocycles. The van der Waals surface area contributed by atoms with Gasteiger partial charge in [-0.1, -0.05) is 12.1 Å². The minimum atomic E-state index is -4.42. The summed E-state index contributed by atoms with van der Waals surface area (Å²) in [6, 6.07) is 6.72. The van der Waals surface area contributed by atoms with Crippen molar-refractivity contribution < 1.29 is 13.2 Å². The number of aromatic nitrogens is 4. The van der Waals surface area contributed by atoms with Crippen LogP contribution in [0.1, 0.15) is 12.5 Å². The number of hydrogen-bond acceptors (Lipinski definition) is 4. The Bertz CT molecular complexity index is 641. The van der Waals surface area contributed by atoms with Crippen LogP contribution in [0.3, 0.4) is 0 Å². The highest BCUT2D eigenvalue weighted by Crippen LogP contribution is 2.31. The van der Waals surface area contributed by atoms with Crippen molar-refractivity contribution in [2.45, 2.75) is 19.6 Å². The zero-order valence-electron chi connectivity index (χ0n) is 10.5. The van der Waals surface area contributed by atoms with Gasteiger partial charge in [-0.25, -0.2) is 0 Å². The van der Waals surface area contributed by atoms with Crippen LogP contribution < -0.4 is 0 Å². The summed E-state index contributed by atoms with van der Waals surface area (Å²) in [7, 11) is 0. The number of nitrogens with zero attached hydrogens (tertiary/aromatic N) is 5. The normalized spacial score (nSPS) is 12.9. The molecule has 0 fully saturated rings. The first kappa shape index (κ1) is 14.0. The molecule has 0 aliphatic carbocycles. The van der Waals surface area contributed by atoms with Crippen LogP contribution in [0.15, 0.2) is 24.3 Å².